The first-order valence-electron chi connectivity index (χ1n) is 6.63. The van der Waals surface area contributed by atoms with Gasteiger partial charge in [0, 0.05) is 31.7 Å². The maximum atomic E-state index is 10.9. The maximum absolute atomic E-state index is 10.9. The van der Waals surface area contributed by atoms with Gasteiger partial charge in [-0.3, -0.25) is 9.69 Å². The minimum Gasteiger partial charge on any atom is -0.481 e. The zero-order chi connectivity index (χ0) is 11.9. The number of fused-ring (bicyclic) bond motifs is 1. The number of hydrogen-bond donors (Lipinski definition) is 3. The van der Waals surface area contributed by atoms with E-state index in [-0.39, 0.29) is 12.0 Å². The summed E-state index contributed by atoms with van der Waals surface area (Å²) in [5, 5.41) is 15.8. The molecule has 5 nitrogen and oxygen atoms in total. The van der Waals surface area contributed by atoms with Crippen molar-refractivity contribution in [3.63, 3.8) is 0 Å². The summed E-state index contributed by atoms with van der Waals surface area (Å²) in [6.45, 7) is 4.00. The Labute approximate surface area is 102 Å². The van der Waals surface area contributed by atoms with Crippen LogP contribution in [0.5, 0.6) is 0 Å². The summed E-state index contributed by atoms with van der Waals surface area (Å²) in [6.07, 6.45) is 3.98. The second-order valence-electron chi connectivity index (χ2n) is 5.74. The van der Waals surface area contributed by atoms with Gasteiger partial charge in [0.05, 0.1) is 12.0 Å². The fourth-order valence-electron chi connectivity index (χ4n) is 3.64. The Bertz CT molecular complexity index is 317. The van der Waals surface area contributed by atoms with E-state index in [0.29, 0.717) is 12.1 Å². The summed E-state index contributed by atoms with van der Waals surface area (Å²) in [6, 6.07) is 1.15. The van der Waals surface area contributed by atoms with E-state index < -0.39 is 5.97 Å². The third-order valence-electron chi connectivity index (χ3n) is 4.51. The molecule has 3 rings (SSSR count). The Kier molecular flexibility index (Phi) is 2.84. The lowest BCUT2D eigenvalue weighted by atomic mass is 9.86. The highest BCUT2D eigenvalue weighted by molar-refractivity contribution is 5.68. The van der Waals surface area contributed by atoms with Gasteiger partial charge >= 0.3 is 5.97 Å². The van der Waals surface area contributed by atoms with Crippen LogP contribution in [0.2, 0.25) is 0 Å². The monoisotopic (exact) mass is 239 g/mol. The van der Waals surface area contributed by atoms with Crippen molar-refractivity contribution in [3.8, 4) is 0 Å². The van der Waals surface area contributed by atoms with Gasteiger partial charge in [0.15, 0.2) is 0 Å². The number of hydrogen-bond acceptors (Lipinski definition) is 4. The first kappa shape index (κ1) is 11.4. The molecule has 5 heteroatoms. The van der Waals surface area contributed by atoms with Gasteiger partial charge in [-0.25, -0.2) is 0 Å². The summed E-state index contributed by atoms with van der Waals surface area (Å²) in [7, 11) is 0. The van der Waals surface area contributed by atoms with Crippen molar-refractivity contribution in [2.45, 2.75) is 43.3 Å². The van der Waals surface area contributed by atoms with Gasteiger partial charge in [-0.05, 0) is 25.8 Å². The summed E-state index contributed by atoms with van der Waals surface area (Å²) in [5.74, 6) is -0.694. The molecule has 3 saturated heterocycles. The fourth-order valence-corrected chi connectivity index (χ4v) is 3.64. The Hall–Kier alpha value is -0.650. The number of nitrogens with zero attached hydrogens (tertiary/aromatic N) is 1. The first-order valence-corrected chi connectivity index (χ1v) is 6.63. The molecule has 0 spiro atoms. The molecular formula is C12H21N3O2. The third kappa shape index (κ3) is 2.07. The zero-order valence-corrected chi connectivity index (χ0v) is 10.1. The Morgan fingerprint density at radius 2 is 2.24 bits per heavy atom. The molecular weight excluding hydrogens is 218 g/mol. The Morgan fingerprint density at radius 1 is 1.41 bits per heavy atom. The molecule has 0 aromatic heterocycles. The molecule has 3 aliphatic heterocycles. The molecule has 3 heterocycles. The number of rotatable bonds is 4. The van der Waals surface area contributed by atoms with Gasteiger partial charge in [0.25, 0.3) is 0 Å². The number of aliphatic carboxylic acids is 1. The van der Waals surface area contributed by atoms with Crippen molar-refractivity contribution >= 4 is 5.97 Å². The second kappa shape index (κ2) is 4.23. The molecule has 2 unspecified atom stereocenters. The third-order valence-corrected chi connectivity index (χ3v) is 4.51. The van der Waals surface area contributed by atoms with E-state index in [1.54, 1.807) is 0 Å². The van der Waals surface area contributed by atoms with Crippen molar-refractivity contribution in [2.75, 3.05) is 26.2 Å². The lowest BCUT2D eigenvalue weighted by Gasteiger charge is -2.45. The van der Waals surface area contributed by atoms with Crippen LogP contribution in [0.4, 0.5) is 0 Å². The molecule has 0 aromatic rings. The molecule has 0 aliphatic carbocycles. The molecule has 0 bridgehead atoms. The summed E-state index contributed by atoms with van der Waals surface area (Å²) < 4.78 is 0. The lowest BCUT2D eigenvalue weighted by molar-refractivity contribution is -0.139. The SMILES string of the molecule is O=C(O)CC1(NC2CCN3CCCC23)CNC1. The largest absolute Gasteiger partial charge is 0.481 e. The van der Waals surface area contributed by atoms with Crippen LogP contribution in [0.3, 0.4) is 0 Å². The van der Waals surface area contributed by atoms with Crippen LogP contribution in [0.25, 0.3) is 0 Å². The van der Waals surface area contributed by atoms with E-state index >= 15 is 0 Å². The predicted molar refractivity (Wildman–Crippen MR) is 64.0 cm³/mol. The standard InChI is InChI=1S/C12H21N3O2/c16-11(17)6-12(7-13-8-12)14-9-3-5-15-4-1-2-10(9)15/h9-10,13-14H,1-8H2,(H,16,17). The Balaban J connectivity index is 1.63. The smallest absolute Gasteiger partial charge is 0.305 e. The van der Waals surface area contributed by atoms with Crippen LogP contribution in [-0.2, 0) is 4.79 Å². The average Bonchev–Trinajstić information content (AvgIpc) is 2.78. The normalized spacial score (nSPS) is 35.5. The highest BCUT2D eigenvalue weighted by Crippen LogP contribution is 2.30. The van der Waals surface area contributed by atoms with Crippen LogP contribution >= 0.6 is 0 Å². The van der Waals surface area contributed by atoms with Gasteiger partial charge in [-0.2, -0.15) is 0 Å². The van der Waals surface area contributed by atoms with Gasteiger partial charge in [-0.1, -0.05) is 0 Å². The zero-order valence-electron chi connectivity index (χ0n) is 10.1. The minimum atomic E-state index is -0.694. The molecule has 0 aromatic carbocycles. The molecule has 0 amide bonds. The lowest BCUT2D eigenvalue weighted by Crippen LogP contribution is -2.71. The van der Waals surface area contributed by atoms with Crippen LogP contribution in [-0.4, -0.2) is 59.8 Å². The molecule has 3 N–H and O–H groups in total. The van der Waals surface area contributed by atoms with Gasteiger partial charge in [0.1, 0.15) is 0 Å². The van der Waals surface area contributed by atoms with E-state index in [1.807, 2.05) is 0 Å². The quantitative estimate of drug-likeness (QED) is 0.625. The Morgan fingerprint density at radius 3 is 2.88 bits per heavy atom. The molecule has 17 heavy (non-hydrogen) atoms. The number of nitrogens with one attached hydrogen (secondary N) is 2. The van der Waals surface area contributed by atoms with Crippen molar-refractivity contribution < 1.29 is 9.90 Å². The van der Waals surface area contributed by atoms with E-state index in [4.69, 9.17) is 5.11 Å². The van der Waals surface area contributed by atoms with Crippen molar-refractivity contribution in [2.24, 2.45) is 0 Å². The van der Waals surface area contributed by atoms with Crippen molar-refractivity contribution in [1.82, 2.24) is 15.5 Å². The summed E-state index contributed by atoms with van der Waals surface area (Å²) in [5.41, 5.74) is -0.185. The van der Waals surface area contributed by atoms with Crippen LogP contribution < -0.4 is 10.6 Å². The predicted octanol–water partition coefficient (Wildman–Crippen LogP) is -0.371. The summed E-state index contributed by atoms with van der Waals surface area (Å²) in [4.78, 5) is 13.5. The number of carbonyl (C=O) groups is 1. The van der Waals surface area contributed by atoms with E-state index in [0.717, 1.165) is 13.1 Å². The van der Waals surface area contributed by atoms with Crippen molar-refractivity contribution in [3.05, 3.63) is 0 Å². The van der Waals surface area contributed by atoms with Crippen LogP contribution in [0.1, 0.15) is 25.7 Å². The topological polar surface area (TPSA) is 64.6 Å². The maximum Gasteiger partial charge on any atom is 0.305 e. The highest BCUT2D eigenvalue weighted by atomic mass is 16.4. The van der Waals surface area contributed by atoms with Gasteiger partial charge < -0.3 is 15.7 Å². The fraction of sp³-hybridized carbons (Fsp3) is 0.917. The van der Waals surface area contributed by atoms with Crippen molar-refractivity contribution in [1.29, 1.82) is 0 Å². The first-order chi connectivity index (χ1) is 8.19. The molecule has 0 radical (unpaired) electrons. The average molecular weight is 239 g/mol. The molecule has 96 valence electrons. The molecule has 3 fully saturated rings. The van der Waals surface area contributed by atoms with E-state index in [2.05, 4.69) is 15.5 Å². The van der Waals surface area contributed by atoms with Crippen LogP contribution in [0.15, 0.2) is 0 Å². The highest BCUT2D eigenvalue weighted by Gasteiger charge is 2.45. The molecule has 2 atom stereocenters. The number of carboxylic acid groups (broad SMARTS) is 1. The van der Waals surface area contributed by atoms with Crippen LogP contribution in [0, 0.1) is 0 Å². The summed E-state index contributed by atoms with van der Waals surface area (Å²) >= 11 is 0. The minimum absolute atomic E-state index is 0.185. The molecule has 0 saturated carbocycles. The van der Waals surface area contributed by atoms with Gasteiger partial charge in [-0.15, -0.1) is 0 Å². The second-order valence-corrected chi connectivity index (χ2v) is 5.74. The van der Waals surface area contributed by atoms with Gasteiger partial charge in [0.2, 0.25) is 0 Å². The number of carboxylic acids is 1. The van der Waals surface area contributed by atoms with E-state index in [1.165, 1.54) is 32.4 Å². The van der Waals surface area contributed by atoms with E-state index in [9.17, 15) is 4.79 Å². The molecule has 3 aliphatic rings.